The normalized spacial score (nSPS) is 13.0. The molecule has 6 heteroatoms. The molecule has 0 spiro atoms. The van der Waals surface area contributed by atoms with E-state index in [4.69, 9.17) is 4.74 Å². The summed E-state index contributed by atoms with van der Waals surface area (Å²) >= 11 is 1.54. The fourth-order valence-electron chi connectivity index (χ4n) is 2.57. The minimum atomic E-state index is 0.644. The van der Waals surface area contributed by atoms with E-state index in [1.165, 1.54) is 0 Å². The highest BCUT2D eigenvalue weighted by Crippen LogP contribution is 2.33. The van der Waals surface area contributed by atoms with Crippen molar-refractivity contribution in [2.24, 2.45) is 0 Å². The zero-order valence-corrected chi connectivity index (χ0v) is 15.1. The van der Waals surface area contributed by atoms with Gasteiger partial charge in [0.15, 0.2) is 16.7 Å². The number of allylic oxidation sites excluding steroid dienone is 2. The molecule has 0 aliphatic carbocycles. The molecule has 0 radical (unpaired) electrons. The van der Waals surface area contributed by atoms with Crippen LogP contribution in [0.3, 0.4) is 0 Å². The molecule has 0 saturated carbocycles. The number of aryl methyl sites for hydroxylation is 1. The molecule has 0 fully saturated rings. The molecule has 3 heterocycles. The van der Waals surface area contributed by atoms with E-state index >= 15 is 0 Å². The molecule has 0 unspecified atom stereocenters. The Labute approximate surface area is 156 Å². The van der Waals surface area contributed by atoms with Crippen LogP contribution in [0.4, 0.5) is 10.9 Å². The Kier molecular flexibility index (Phi) is 4.66. The van der Waals surface area contributed by atoms with Gasteiger partial charge < -0.3 is 15.4 Å². The number of hydrogen-bond donors (Lipinski definition) is 2. The van der Waals surface area contributed by atoms with Crippen molar-refractivity contribution in [3.63, 3.8) is 0 Å². The monoisotopic (exact) mass is 362 g/mol. The van der Waals surface area contributed by atoms with Gasteiger partial charge in [0.1, 0.15) is 5.75 Å². The van der Waals surface area contributed by atoms with E-state index in [0.717, 1.165) is 34.3 Å². The molecule has 1 aromatic carbocycles. The Balaban J connectivity index is 1.69. The van der Waals surface area contributed by atoms with Crippen molar-refractivity contribution in [3.8, 4) is 11.5 Å². The summed E-state index contributed by atoms with van der Waals surface area (Å²) in [6, 6.07) is 11.7. The Bertz CT molecular complexity index is 963. The number of ether oxygens (including phenoxy) is 1. The van der Waals surface area contributed by atoms with Crippen LogP contribution in [-0.4, -0.2) is 16.5 Å². The minimum absolute atomic E-state index is 0.644. The van der Waals surface area contributed by atoms with Crippen molar-refractivity contribution in [2.75, 3.05) is 11.9 Å². The molecule has 1 aliphatic rings. The fraction of sp³-hybridized carbons (Fsp3) is 0.100. The number of benzene rings is 1. The van der Waals surface area contributed by atoms with Crippen LogP contribution < -0.4 is 15.4 Å². The maximum atomic E-state index is 6.10. The number of nitrogens with one attached hydrogen (secondary N) is 2. The van der Waals surface area contributed by atoms with Crippen molar-refractivity contribution in [1.29, 1.82) is 0 Å². The van der Waals surface area contributed by atoms with Crippen LogP contribution in [0, 0.1) is 6.92 Å². The predicted octanol–water partition coefficient (Wildman–Crippen LogP) is 4.88. The number of pyridine rings is 1. The van der Waals surface area contributed by atoms with Gasteiger partial charge >= 0.3 is 0 Å². The lowest BCUT2D eigenvalue weighted by atomic mass is 10.1. The van der Waals surface area contributed by atoms with Gasteiger partial charge in [0.25, 0.3) is 0 Å². The third kappa shape index (κ3) is 3.75. The first-order valence-electron chi connectivity index (χ1n) is 8.30. The smallest absolute Gasteiger partial charge is 0.188 e. The van der Waals surface area contributed by atoms with Crippen molar-refractivity contribution < 1.29 is 4.74 Å². The molecule has 130 valence electrons. The molecule has 3 aromatic rings. The van der Waals surface area contributed by atoms with Crippen LogP contribution in [-0.2, 0) is 0 Å². The Morgan fingerprint density at radius 3 is 2.85 bits per heavy atom. The van der Waals surface area contributed by atoms with Gasteiger partial charge in [-0.2, -0.15) is 0 Å². The van der Waals surface area contributed by atoms with E-state index in [0.29, 0.717) is 11.6 Å². The van der Waals surface area contributed by atoms with Gasteiger partial charge in [0.2, 0.25) is 0 Å². The first-order valence-corrected chi connectivity index (χ1v) is 9.18. The molecule has 26 heavy (non-hydrogen) atoms. The summed E-state index contributed by atoms with van der Waals surface area (Å²) in [5.74, 6) is 2.07. The van der Waals surface area contributed by atoms with Gasteiger partial charge in [-0.15, -0.1) is 11.3 Å². The molecule has 2 N–H and O–H groups in total. The van der Waals surface area contributed by atoms with Crippen molar-refractivity contribution >= 4 is 27.9 Å². The largest absolute Gasteiger partial charge is 0.453 e. The average Bonchev–Trinajstić information content (AvgIpc) is 3.09. The first kappa shape index (κ1) is 16.4. The van der Waals surface area contributed by atoms with Crippen molar-refractivity contribution in [3.05, 3.63) is 77.6 Å². The predicted molar refractivity (Wildman–Crippen MR) is 106 cm³/mol. The lowest BCUT2D eigenvalue weighted by molar-refractivity contribution is 0.482. The SMILES string of the molecule is Cc1csc(Nc2ncc(C3=CCNC=C3)cc2Oc2ccccc2)n1. The van der Waals surface area contributed by atoms with Gasteiger partial charge in [-0.05, 0) is 43.0 Å². The van der Waals surface area contributed by atoms with Crippen LogP contribution in [0.15, 0.2) is 66.3 Å². The Morgan fingerprint density at radius 2 is 2.12 bits per heavy atom. The number of dihydropyridines is 1. The highest BCUT2D eigenvalue weighted by molar-refractivity contribution is 7.13. The summed E-state index contributed by atoms with van der Waals surface area (Å²) in [5, 5.41) is 9.21. The minimum Gasteiger partial charge on any atom is -0.453 e. The van der Waals surface area contributed by atoms with Crippen LogP contribution in [0.5, 0.6) is 11.5 Å². The molecule has 4 rings (SSSR count). The molecule has 0 bridgehead atoms. The zero-order valence-electron chi connectivity index (χ0n) is 14.3. The summed E-state index contributed by atoms with van der Waals surface area (Å²) < 4.78 is 6.10. The highest BCUT2D eigenvalue weighted by atomic mass is 32.1. The number of nitrogens with zero attached hydrogens (tertiary/aromatic N) is 2. The zero-order chi connectivity index (χ0) is 17.8. The summed E-state index contributed by atoms with van der Waals surface area (Å²) in [6.45, 7) is 2.77. The van der Waals surface area contributed by atoms with Gasteiger partial charge in [-0.3, -0.25) is 0 Å². The number of thiazole rings is 1. The molecule has 1 aliphatic heterocycles. The summed E-state index contributed by atoms with van der Waals surface area (Å²) in [6.07, 6.45) is 7.95. The molecule has 5 nitrogen and oxygen atoms in total. The van der Waals surface area contributed by atoms with E-state index in [1.807, 2.05) is 67.2 Å². The molecule has 2 aromatic heterocycles. The van der Waals surface area contributed by atoms with E-state index in [9.17, 15) is 0 Å². The molecular weight excluding hydrogens is 344 g/mol. The summed E-state index contributed by atoms with van der Waals surface area (Å²) in [7, 11) is 0. The second-order valence-electron chi connectivity index (χ2n) is 5.81. The second kappa shape index (κ2) is 7.41. The molecule has 0 amide bonds. The first-order chi connectivity index (χ1) is 12.8. The molecular formula is C20H18N4OS. The van der Waals surface area contributed by atoms with Crippen LogP contribution >= 0.6 is 11.3 Å². The van der Waals surface area contributed by atoms with Gasteiger partial charge in [-0.1, -0.05) is 24.3 Å². The maximum absolute atomic E-state index is 6.10. The van der Waals surface area contributed by atoms with E-state index in [1.54, 1.807) is 11.3 Å². The third-order valence-electron chi connectivity index (χ3n) is 3.82. The number of aromatic nitrogens is 2. The van der Waals surface area contributed by atoms with Crippen LogP contribution in [0.1, 0.15) is 11.3 Å². The third-order valence-corrected chi connectivity index (χ3v) is 4.70. The number of hydrogen-bond acceptors (Lipinski definition) is 6. The Hall–Kier alpha value is -3.12. The second-order valence-corrected chi connectivity index (χ2v) is 6.66. The number of para-hydroxylation sites is 1. The van der Waals surface area contributed by atoms with E-state index < -0.39 is 0 Å². The van der Waals surface area contributed by atoms with Crippen molar-refractivity contribution in [2.45, 2.75) is 6.92 Å². The maximum Gasteiger partial charge on any atom is 0.188 e. The van der Waals surface area contributed by atoms with E-state index in [2.05, 4.69) is 26.7 Å². The number of anilines is 2. The number of rotatable bonds is 5. The lowest BCUT2D eigenvalue weighted by Gasteiger charge is -2.14. The van der Waals surface area contributed by atoms with Crippen molar-refractivity contribution in [1.82, 2.24) is 15.3 Å². The van der Waals surface area contributed by atoms with E-state index in [-0.39, 0.29) is 0 Å². The standard InChI is InChI=1S/C20H18N4OS/c1-14-13-26-20(23-14)24-19-18(25-17-5-3-2-4-6-17)11-16(12-22-19)15-7-9-21-10-8-15/h2-9,11-13,21H,10H2,1H3,(H,22,23,24). The van der Waals surface area contributed by atoms with Crippen LogP contribution in [0.25, 0.3) is 5.57 Å². The topological polar surface area (TPSA) is 59.1 Å². The lowest BCUT2D eigenvalue weighted by Crippen LogP contribution is -2.08. The quantitative estimate of drug-likeness (QED) is 0.677. The fourth-order valence-corrected chi connectivity index (χ4v) is 3.26. The van der Waals surface area contributed by atoms with Gasteiger partial charge in [0.05, 0.1) is 5.69 Å². The van der Waals surface area contributed by atoms with Crippen LogP contribution in [0.2, 0.25) is 0 Å². The molecule has 0 saturated heterocycles. The highest BCUT2D eigenvalue weighted by Gasteiger charge is 2.12. The van der Waals surface area contributed by atoms with Gasteiger partial charge in [-0.25, -0.2) is 9.97 Å². The average molecular weight is 362 g/mol. The van der Waals surface area contributed by atoms with Gasteiger partial charge in [0, 0.05) is 23.7 Å². The molecule has 0 atom stereocenters. The summed E-state index contributed by atoms with van der Waals surface area (Å²) in [5.41, 5.74) is 3.10. The Morgan fingerprint density at radius 1 is 1.23 bits per heavy atom. The summed E-state index contributed by atoms with van der Waals surface area (Å²) in [4.78, 5) is 9.04.